The van der Waals surface area contributed by atoms with Crippen LogP contribution in [-0.4, -0.2) is 21.0 Å². The van der Waals surface area contributed by atoms with E-state index in [-0.39, 0.29) is 17.3 Å². The van der Waals surface area contributed by atoms with Crippen LogP contribution in [0.3, 0.4) is 0 Å². The van der Waals surface area contributed by atoms with Crippen LogP contribution in [-0.2, 0) is 6.54 Å². The predicted octanol–water partition coefficient (Wildman–Crippen LogP) is 2.98. The SMILES string of the molecule is O=C(NCc1ccccc1F)c1sc(-c2cccnc2)nc1O. The predicted molar refractivity (Wildman–Crippen MR) is 84.6 cm³/mol. The summed E-state index contributed by atoms with van der Waals surface area (Å²) < 4.78 is 13.5. The molecular weight excluding hydrogens is 317 g/mol. The number of thiazole rings is 1. The number of halogens is 1. The van der Waals surface area contributed by atoms with E-state index in [2.05, 4.69) is 15.3 Å². The van der Waals surface area contributed by atoms with E-state index in [9.17, 15) is 14.3 Å². The second kappa shape index (κ2) is 6.53. The summed E-state index contributed by atoms with van der Waals surface area (Å²) in [6.07, 6.45) is 3.22. The maximum atomic E-state index is 13.5. The molecule has 0 bridgehead atoms. The maximum Gasteiger partial charge on any atom is 0.267 e. The van der Waals surface area contributed by atoms with Gasteiger partial charge in [-0.2, -0.15) is 0 Å². The number of rotatable bonds is 4. The number of amides is 1. The van der Waals surface area contributed by atoms with E-state index in [1.165, 1.54) is 6.07 Å². The van der Waals surface area contributed by atoms with Gasteiger partial charge in [-0.1, -0.05) is 18.2 Å². The van der Waals surface area contributed by atoms with Crippen molar-refractivity contribution in [2.45, 2.75) is 6.54 Å². The summed E-state index contributed by atoms with van der Waals surface area (Å²) in [4.78, 5) is 20.2. The molecular formula is C16H12FN3O2S. The molecule has 3 aromatic rings. The van der Waals surface area contributed by atoms with Crippen molar-refractivity contribution in [1.82, 2.24) is 15.3 Å². The molecule has 7 heteroatoms. The maximum absolute atomic E-state index is 13.5. The van der Waals surface area contributed by atoms with Gasteiger partial charge in [-0.3, -0.25) is 9.78 Å². The van der Waals surface area contributed by atoms with Crippen molar-refractivity contribution in [3.05, 3.63) is 65.0 Å². The average Bonchev–Trinajstić information content (AvgIpc) is 2.97. The molecule has 0 saturated carbocycles. The van der Waals surface area contributed by atoms with Crippen LogP contribution >= 0.6 is 11.3 Å². The highest BCUT2D eigenvalue weighted by molar-refractivity contribution is 7.17. The Labute approximate surface area is 135 Å². The number of hydrogen-bond donors (Lipinski definition) is 2. The molecule has 0 saturated heterocycles. The van der Waals surface area contributed by atoms with Gasteiger partial charge in [-0.25, -0.2) is 9.37 Å². The Kier molecular flexibility index (Phi) is 4.29. The van der Waals surface area contributed by atoms with Crippen molar-refractivity contribution in [1.29, 1.82) is 0 Å². The molecule has 0 atom stereocenters. The highest BCUT2D eigenvalue weighted by Crippen LogP contribution is 2.31. The molecule has 0 aliphatic rings. The molecule has 0 aliphatic heterocycles. The summed E-state index contributed by atoms with van der Waals surface area (Å²) in [6, 6.07) is 9.71. The van der Waals surface area contributed by atoms with E-state index in [0.29, 0.717) is 16.1 Å². The third kappa shape index (κ3) is 3.35. The first-order valence-electron chi connectivity index (χ1n) is 6.77. The lowest BCUT2D eigenvalue weighted by molar-refractivity contribution is 0.0952. The summed E-state index contributed by atoms with van der Waals surface area (Å²) in [6.45, 7) is 0.0328. The molecule has 1 aromatic carbocycles. The van der Waals surface area contributed by atoms with E-state index in [4.69, 9.17) is 0 Å². The van der Waals surface area contributed by atoms with E-state index >= 15 is 0 Å². The Morgan fingerprint density at radius 1 is 1.26 bits per heavy atom. The topological polar surface area (TPSA) is 75.1 Å². The van der Waals surface area contributed by atoms with Crippen molar-refractivity contribution in [2.75, 3.05) is 0 Å². The van der Waals surface area contributed by atoms with E-state index in [1.807, 2.05) is 0 Å². The summed E-state index contributed by atoms with van der Waals surface area (Å²) in [7, 11) is 0. The highest BCUT2D eigenvalue weighted by atomic mass is 32.1. The first kappa shape index (κ1) is 15.1. The molecule has 2 N–H and O–H groups in total. The molecule has 3 rings (SSSR count). The van der Waals surface area contributed by atoms with Gasteiger partial charge < -0.3 is 10.4 Å². The number of hydrogen-bond acceptors (Lipinski definition) is 5. The smallest absolute Gasteiger partial charge is 0.267 e. The number of nitrogens with zero attached hydrogens (tertiary/aromatic N) is 2. The standard InChI is InChI=1S/C16H12FN3O2S/c17-12-6-2-1-4-10(12)9-19-14(21)13-15(22)20-16(23-13)11-5-3-7-18-8-11/h1-8,22H,9H2,(H,19,21). The Morgan fingerprint density at radius 2 is 2.09 bits per heavy atom. The summed E-state index contributed by atoms with van der Waals surface area (Å²) in [5.41, 5.74) is 1.08. The van der Waals surface area contributed by atoms with Gasteiger partial charge in [0.05, 0.1) is 0 Å². The Hall–Kier alpha value is -2.80. The minimum atomic E-state index is -0.501. The second-order valence-electron chi connectivity index (χ2n) is 4.69. The zero-order valence-corrected chi connectivity index (χ0v) is 12.7. The molecule has 2 heterocycles. The molecule has 2 aromatic heterocycles. The number of aromatic nitrogens is 2. The van der Waals surface area contributed by atoms with E-state index < -0.39 is 11.7 Å². The Balaban J connectivity index is 1.75. The number of benzene rings is 1. The molecule has 1 amide bonds. The molecule has 0 aliphatic carbocycles. The molecule has 0 spiro atoms. The highest BCUT2D eigenvalue weighted by Gasteiger charge is 2.18. The fourth-order valence-electron chi connectivity index (χ4n) is 1.97. The van der Waals surface area contributed by atoms with Crippen LogP contribution in [0, 0.1) is 5.82 Å². The lowest BCUT2D eigenvalue weighted by atomic mass is 10.2. The van der Waals surface area contributed by atoms with Gasteiger partial charge in [0.1, 0.15) is 10.8 Å². The zero-order chi connectivity index (χ0) is 16.2. The molecule has 5 nitrogen and oxygen atoms in total. The van der Waals surface area contributed by atoms with Gasteiger partial charge in [-0.15, -0.1) is 11.3 Å². The van der Waals surface area contributed by atoms with Crippen LogP contribution in [0.15, 0.2) is 48.8 Å². The van der Waals surface area contributed by atoms with Crippen LogP contribution in [0.2, 0.25) is 0 Å². The van der Waals surface area contributed by atoms with Crippen LogP contribution in [0.5, 0.6) is 5.88 Å². The average molecular weight is 329 g/mol. The minimum absolute atomic E-state index is 0.0328. The summed E-state index contributed by atoms with van der Waals surface area (Å²) >= 11 is 1.05. The van der Waals surface area contributed by atoms with Gasteiger partial charge in [0.25, 0.3) is 5.91 Å². The molecule has 0 radical (unpaired) electrons. The van der Waals surface area contributed by atoms with Crippen molar-refractivity contribution in [3.63, 3.8) is 0 Å². The first-order chi connectivity index (χ1) is 11.1. The summed E-state index contributed by atoms with van der Waals surface area (Å²) in [5, 5.41) is 12.9. The number of pyridine rings is 1. The number of aromatic hydroxyl groups is 1. The van der Waals surface area contributed by atoms with Gasteiger partial charge in [0.15, 0.2) is 4.88 Å². The molecule has 23 heavy (non-hydrogen) atoms. The molecule has 0 unspecified atom stereocenters. The van der Waals surface area contributed by atoms with Crippen LogP contribution in [0.25, 0.3) is 10.6 Å². The van der Waals surface area contributed by atoms with Gasteiger partial charge in [-0.05, 0) is 18.2 Å². The fraction of sp³-hybridized carbons (Fsp3) is 0.0625. The third-order valence-electron chi connectivity index (χ3n) is 3.12. The Bertz CT molecular complexity index is 836. The fourth-order valence-corrected chi connectivity index (χ4v) is 2.84. The monoisotopic (exact) mass is 329 g/mol. The van der Waals surface area contributed by atoms with Crippen molar-refractivity contribution in [3.8, 4) is 16.5 Å². The van der Waals surface area contributed by atoms with Crippen molar-refractivity contribution >= 4 is 17.2 Å². The van der Waals surface area contributed by atoms with Crippen molar-refractivity contribution < 1.29 is 14.3 Å². The third-order valence-corrected chi connectivity index (χ3v) is 4.21. The van der Waals surface area contributed by atoms with Gasteiger partial charge in [0, 0.05) is 30.1 Å². The zero-order valence-electron chi connectivity index (χ0n) is 11.9. The van der Waals surface area contributed by atoms with Crippen LogP contribution < -0.4 is 5.32 Å². The number of nitrogens with one attached hydrogen (secondary N) is 1. The lowest BCUT2D eigenvalue weighted by Gasteiger charge is -2.04. The largest absolute Gasteiger partial charge is 0.492 e. The van der Waals surface area contributed by atoms with Crippen LogP contribution in [0.4, 0.5) is 4.39 Å². The van der Waals surface area contributed by atoms with Gasteiger partial charge in [0.2, 0.25) is 5.88 Å². The lowest BCUT2D eigenvalue weighted by Crippen LogP contribution is -2.22. The Morgan fingerprint density at radius 3 is 2.83 bits per heavy atom. The van der Waals surface area contributed by atoms with E-state index in [1.54, 1.807) is 42.7 Å². The molecule has 116 valence electrons. The van der Waals surface area contributed by atoms with E-state index in [0.717, 1.165) is 11.3 Å². The quantitative estimate of drug-likeness (QED) is 0.771. The van der Waals surface area contributed by atoms with Crippen molar-refractivity contribution in [2.24, 2.45) is 0 Å². The number of carbonyl (C=O) groups is 1. The molecule has 0 fully saturated rings. The van der Waals surface area contributed by atoms with Gasteiger partial charge >= 0.3 is 0 Å². The number of carbonyl (C=O) groups excluding carboxylic acids is 1. The summed E-state index contributed by atoms with van der Waals surface area (Å²) in [5.74, 6) is -1.24. The minimum Gasteiger partial charge on any atom is -0.492 e. The van der Waals surface area contributed by atoms with Crippen LogP contribution in [0.1, 0.15) is 15.2 Å². The first-order valence-corrected chi connectivity index (χ1v) is 7.58. The normalized spacial score (nSPS) is 10.5. The second-order valence-corrected chi connectivity index (χ2v) is 5.69.